The molecule has 2 rings (SSSR count). The van der Waals surface area contributed by atoms with Gasteiger partial charge in [0.2, 0.25) is 0 Å². The number of rotatable bonds is 4. The van der Waals surface area contributed by atoms with Gasteiger partial charge in [-0.2, -0.15) is 0 Å². The van der Waals surface area contributed by atoms with Crippen molar-refractivity contribution in [2.24, 2.45) is 11.7 Å². The second-order valence-corrected chi connectivity index (χ2v) is 4.74. The van der Waals surface area contributed by atoms with Crippen molar-refractivity contribution >= 4 is 5.69 Å². The number of anilines is 1. The van der Waals surface area contributed by atoms with Gasteiger partial charge in [-0.3, -0.25) is 4.98 Å². The Kier molecular flexibility index (Phi) is 3.78. The largest absolute Gasteiger partial charge is 0.373 e. The van der Waals surface area contributed by atoms with Gasteiger partial charge in [0, 0.05) is 20.1 Å². The highest BCUT2D eigenvalue weighted by Gasteiger charge is 2.16. The van der Waals surface area contributed by atoms with Crippen LogP contribution in [0.2, 0.25) is 0 Å². The van der Waals surface area contributed by atoms with E-state index in [2.05, 4.69) is 23.0 Å². The number of pyridine rings is 1. The molecule has 16 heavy (non-hydrogen) atoms. The first-order chi connectivity index (χ1) is 7.79. The van der Waals surface area contributed by atoms with E-state index in [1.807, 2.05) is 12.3 Å². The van der Waals surface area contributed by atoms with Crippen LogP contribution in [-0.4, -0.2) is 18.6 Å². The minimum absolute atomic E-state index is 0.520. The molecule has 3 heteroatoms. The summed E-state index contributed by atoms with van der Waals surface area (Å²) in [6, 6.07) is 4.13. The quantitative estimate of drug-likeness (QED) is 0.844. The zero-order valence-corrected chi connectivity index (χ0v) is 10.0. The molecule has 0 atom stereocenters. The molecule has 1 heterocycles. The molecular formula is C13H21N3. The Hall–Kier alpha value is -1.09. The minimum Gasteiger partial charge on any atom is -0.373 e. The van der Waals surface area contributed by atoms with E-state index in [0.717, 1.165) is 18.2 Å². The summed E-state index contributed by atoms with van der Waals surface area (Å²) in [5.74, 6) is 0.874. The maximum atomic E-state index is 5.53. The molecule has 0 amide bonds. The molecule has 1 saturated carbocycles. The van der Waals surface area contributed by atoms with E-state index in [4.69, 9.17) is 5.73 Å². The maximum Gasteiger partial charge on any atom is 0.0550 e. The van der Waals surface area contributed by atoms with E-state index in [1.54, 1.807) is 0 Å². The molecule has 0 unspecified atom stereocenters. The Morgan fingerprint density at radius 1 is 1.38 bits per heavy atom. The summed E-state index contributed by atoms with van der Waals surface area (Å²) in [7, 11) is 2.15. The third-order valence-electron chi connectivity index (χ3n) is 3.47. The van der Waals surface area contributed by atoms with E-state index in [9.17, 15) is 0 Å². The van der Waals surface area contributed by atoms with Crippen LogP contribution in [0.3, 0.4) is 0 Å². The summed E-state index contributed by atoms with van der Waals surface area (Å²) >= 11 is 0. The summed E-state index contributed by atoms with van der Waals surface area (Å²) in [4.78, 5) is 6.63. The molecule has 0 aliphatic heterocycles. The zero-order valence-electron chi connectivity index (χ0n) is 10.0. The molecule has 0 bridgehead atoms. The molecule has 0 radical (unpaired) electrons. The van der Waals surface area contributed by atoms with Gasteiger partial charge in [0.05, 0.1) is 17.6 Å². The number of hydrogen-bond donors (Lipinski definition) is 1. The first-order valence-corrected chi connectivity index (χ1v) is 6.15. The van der Waals surface area contributed by atoms with E-state index < -0.39 is 0 Å². The number of hydrogen-bond acceptors (Lipinski definition) is 3. The standard InChI is InChI=1S/C13H21N3/c1-16(10-11-4-2-3-5-11)13-7-6-12(8-14)15-9-13/h6-7,9,11H,2-5,8,10,14H2,1H3. The summed E-state index contributed by atoms with van der Waals surface area (Å²) in [5.41, 5.74) is 7.69. The molecule has 0 aromatic carbocycles. The molecule has 88 valence electrons. The first kappa shape index (κ1) is 11.4. The van der Waals surface area contributed by atoms with Crippen molar-refractivity contribution < 1.29 is 0 Å². The van der Waals surface area contributed by atoms with E-state index in [1.165, 1.54) is 31.4 Å². The van der Waals surface area contributed by atoms with Crippen LogP contribution in [0, 0.1) is 5.92 Å². The van der Waals surface area contributed by atoms with Crippen molar-refractivity contribution in [3.05, 3.63) is 24.0 Å². The molecule has 0 saturated heterocycles. The molecule has 1 aromatic heterocycles. The van der Waals surface area contributed by atoms with Crippen molar-refractivity contribution in [3.63, 3.8) is 0 Å². The van der Waals surface area contributed by atoms with Crippen LogP contribution in [0.1, 0.15) is 31.4 Å². The minimum atomic E-state index is 0.520. The summed E-state index contributed by atoms with van der Waals surface area (Å²) < 4.78 is 0. The van der Waals surface area contributed by atoms with Gasteiger partial charge < -0.3 is 10.6 Å². The Balaban J connectivity index is 1.94. The lowest BCUT2D eigenvalue weighted by Gasteiger charge is -2.22. The van der Waals surface area contributed by atoms with Crippen molar-refractivity contribution in [2.45, 2.75) is 32.2 Å². The predicted octanol–water partition coefficient (Wildman–Crippen LogP) is 2.17. The van der Waals surface area contributed by atoms with E-state index >= 15 is 0 Å². The maximum absolute atomic E-state index is 5.53. The molecule has 3 nitrogen and oxygen atoms in total. The van der Waals surface area contributed by atoms with Crippen molar-refractivity contribution in [1.82, 2.24) is 4.98 Å². The van der Waals surface area contributed by atoms with E-state index in [0.29, 0.717) is 6.54 Å². The average Bonchev–Trinajstić information content (AvgIpc) is 2.82. The first-order valence-electron chi connectivity index (χ1n) is 6.15. The van der Waals surface area contributed by atoms with Gasteiger partial charge in [-0.1, -0.05) is 12.8 Å². The van der Waals surface area contributed by atoms with Crippen LogP contribution >= 0.6 is 0 Å². The molecule has 1 aromatic rings. The van der Waals surface area contributed by atoms with Gasteiger partial charge in [0.15, 0.2) is 0 Å². The van der Waals surface area contributed by atoms with Crippen LogP contribution in [0.25, 0.3) is 0 Å². The highest BCUT2D eigenvalue weighted by molar-refractivity contribution is 5.43. The fourth-order valence-electron chi connectivity index (χ4n) is 2.45. The van der Waals surface area contributed by atoms with Gasteiger partial charge in [-0.05, 0) is 30.9 Å². The normalized spacial score (nSPS) is 16.6. The highest BCUT2D eigenvalue weighted by atomic mass is 15.1. The second-order valence-electron chi connectivity index (χ2n) is 4.74. The van der Waals surface area contributed by atoms with Crippen LogP contribution in [0.5, 0.6) is 0 Å². The van der Waals surface area contributed by atoms with E-state index in [-0.39, 0.29) is 0 Å². The Morgan fingerprint density at radius 3 is 2.69 bits per heavy atom. The SMILES string of the molecule is CN(CC1CCCC1)c1ccc(CN)nc1. The van der Waals surface area contributed by atoms with Crippen molar-refractivity contribution in [2.75, 3.05) is 18.5 Å². The Bertz CT molecular complexity index is 314. The van der Waals surface area contributed by atoms with Gasteiger partial charge in [-0.15, -0.1) is 0 Å². The molecule has 1 aliphatic carbocycles. The van der Waals surface area contributed by atoms with Gasteiger partial charge in [0.1, 0.15) is 0 Å². The summed E-state index contributed by atoms with van der Waals surface area (Å²) in [6.07, 6.45) is 7.51. The van der Waals surface area contributed by atoms with Crippen LogP contribution < -0.4 is 10.6 Å². The van der Waals surface area contributed by atoms with Gasteiger partial charge in [0.25, 0.3) is 0 Å². The van der Waals surface area contributed by atoms with Crippen molar-refractivity contribution in [3.8, 4) is 0 Å². The van der Waals surface area contributed by atoms with Crippen LogP contribution in [0.15, 0.2) is 18.3 Å². The smallest absolute Gasteiger partial charge is 0.0550 e. The summed E-state index contributed by atoms with van der Waals surface area (Å²) in [5, 5.41) is 0. The lowest BCUT2D eigenvalue weighted by molar-refractivity contribution is 0.547. The molecular weight excluding hydrogens is 198 g/mol. The fourth-order valence-corrected chi connectivity index (χ4v) is 2.45. The fraction of sp³-hybridized carbons (Fsp3) is 0.615. The number of nitrogens with zero attached hydrogens (tertiary/aromatic N) is 2. The Labute approximate surface area is 97.7 Å². The second kappa shape index (κ2) is 5.30. The van der Waals surface area contributed by atoms with Crippen LogP contribution in [0.4, 0.5) is 5.69 Å². The van der Waals surface area contributed by atoms with Gasteiger partial charge >= 0.3 is 0 Å². The molecule has 1 fully saturated rings. The lowest BCUT2D eigenvalue weighted by Crippen LogP contribution is -2.24. The predicted molar refractivity (Wildman–Crippen MR) is 67.4 cm³/mol. The third-order valence-corrected chi connectivity index (χ3v) is 3.47. The monoisotopic (exact) mass is 219 g/mol. The highest BCUT2D eigenvalue weighted by Crippen LogP contribution is 2.26. The lowest BCUT2D eigenvalue weighted by atomic mass is 10.1. The van der Waals surface area contributed by atoms with Crippen molar-refractivity contribution in [1.29, 1.82) is 0 Å². The third kappa shape index (κ3) is 2.73. The molecule has 2 N–H and O–H groups in total. The Morgan fingerprint density at radius 2 is 2.12 bits per heavy atom. The topological polar surface area (TPSA) is 42.1 Å². The average molecular weight is 219 g/mol. The van der Waals surface area contributed by atoms with Crippen LogP contribution in [-0.2, 0) is 6.54 Å². The molecule has 1 aliphatic rings. The summed E-state index contributed by atoms with van der Waals surface area (Å²) in [6.45, 7) is 1.68. The number of nitrogens with two attached hydrogens (primary N) is 1. The van der Waals surface area contributed by atoms with Gasteiger partial charge in [-0.25, -0.2) is 0 Å². The zero-order chi connectivity index (χ0) is 11.4. The number of aromatic nitrogens is 1. The molecule has 0 spiro atoms.